The van der Waals surface area contributed by atoms with Gasteiger partial charge in [-0.05, 0) is 23.8 Å². The zero-order valence-corrected chi connectivity index (χ0v) is 20.4. The molecule has 2 N–H and O–H groups in total. The average Bonchev–Trinajstić information content (AvgIpc) is 2.64. The molecule has 28 heavy (non-hydrogen) atoms. The van der Waals surface area contributed by atoms with E-state index >= 15 is 0 Å². The van der Waals surface area contributed by atoms with Gasteiger partial charge < -0.3 is 15.2 Å². The quantitative estimate of drug-likeness (QED) is 0.267. The molecule has 0 spiro atoms. The van der Waals surface area contributed by atoms with E-state index in [4.69, 9.17) is 33.0 Å². The molecule has 0 saturated heterocycles. The number of hydrogen-bond donors (Lipinski definition) is 2. The Morgan fingerprint density at radius 1 is 1.11 bits per heavy atom. The van der Waals surface area contributed by atoms with Gasteiger partial charge in [0, 0.05) is 11.0 Å². The zero-order chi connectivity index (χ0) is 20.9. The number of halogens is 5. The van der Waals surface area contributed by atoms with Crippen LogP contribution >= 0.6 is 71.0 Å². The average molecular weight is 619 g/mol. The summed E-state index contributed by atoms with van der Waals surface area (Å²) in [6, 6.07) is 12.1. The second-order valence-electron chi connectivity index (χ2n) is 5.64. The molecule has 0 aromatic heterocycles. The molecule has 0 aliphatic heterocycles. The van der Waals surface area contributed by atoms with E-state index in [1.54, 1.807) is 42.5 Å². The Morgan fingerprint density at radius 3 is 2.29 bits per heavy atom. The number of ether oxygens (including phenoxy) is 1. The number of carbonyl (C=O) groups excluding carboxylic acids is 1. The molecule has 0 amide bonds. The normalized spacial score (nSPS) is 12.3. The van der Waals surface area contributed by atoms with Crippen molar-refractivity contribution >= 4 is 94.3 Å². The Balaban J connectivity index is 2.50. The van der Waals surface area contributed by atoms with Gasteiger partial charge in [-0.15, -0.1) is 0 Å². The third-order valence-electron chi connectivity index (χ3n) is 3.67. The highest BCUT2D eigenvalue weighted by Gasteiger charge is 2.42. The molecule has 0 bridgehead atoms. The minimum absolute atomic E-state index is 0.327. The summed E-state index contributed by atoms with van der Waals surface area (Å²) in [7, 11) is 0. The molecule has 1 atom stereocenters. The van der Waals surface area contributed by atoms with Crippen LogP contribution in [0.25, 0.3) is 0 Å². The van der Waals surface area contributed by atoms with E-state index in [0.717, 1.165) is 0 Å². The first-order valence-corrected chi connectivity index (χ1v) is 11.3. The first kappa shape index (κ1) is 23.5. The summed E-state index contributed by atoms with van der Waals surface area (Å²) in [4.78, 5) is 23.6. The van der Waals surface area contributed by atoms with Crippen molar-refractivity contribution in [2.75, 3.05) is 17.3 Å². The van der Waals surface area contributed by atoms with Gasteiger partial charge in [-0.3, -0.25) is 4.79 Å². The van der Waals surface area contributed by atoms with Crippen molar-refractivity contribution in [1.29, 1.82) is 0 Å². The molecule has 0 radical (unpaired) electrons. The largest absolute Gasteiger partial charge is 0.479 e. The highest BCUT2D eigenvalue weighted by atomic mass is 79.9. The van der Waals surface area contributed by atoms with E-state index in [-0.39, 0.29) is 0 Å². The summed E-state index contributed by atoms with van der Waals surface area (Å²) in [6.45, 7) is -0.736. The van der Waals surface area contributed by atoms with E-state index in [1.807, 2.05) is 0 Å². The summed E-state index contributed by atoms with van der Waals surface area (Å²) in [5.41, 5.74) is 1.62. The van der Waals surface area contributed by atoms with Gasteiger partial charge in [-0.25, -0.2) is 4.79 Å². The number of rotatable bonds is 8. The van der Waals surface area contributed by atoms with Crippen LogP contribution in [-0.4, -0.2) is 32.2 Å². The molecule has 150 valence electrons. The summed E-state index contributed by atoms with van der Waals surface area (Å²) < 4.78 is 4.03. The van der Waals surface area contributed by atoms with Crippen LogP contribution in [-0.2, 0) is 14.3 Å². The summed E-state index contributed by atoms with van der Waals surface area (Å²) >= 11 is 22.8. The molecule has 2 rings (SSSR count). The van der Waals surface area contributed by atoms with Crippen molar-refractivity contribution < 1.29 is 19.4 Å². The second-order valence-corrected chi connectivity index (χ2v) is 10.9. The van der Waals surface area contributed by atoms with Gasteiger partial charge in [0.2, 0.25) is 0 Å². The van der Waals surface area contributed by atoms with Crippen LogP contribution in [0, 0.1) is 0 Å². The van der Waals surface area contributed by atoms with Crippen molar-refractivity contribution in [2.24, 2.45) is 0 Å². The second kappa shape index (κ2) is 10.3. The standard InChI is InChI=1S/C18H14Br3Cl2NO4/c19-9-18(20,21)15(17(27)28-8-14(25)26)10-4-1-2-7-13(10)24-16-11(22)5-3-6-12(16)23/h1-7,15,24H,8-9H2,(H,25,26). The lowest BCUT2D eigenvalue weighted by atomic mass is 9.94. The monoisotopic (exact) mass is 615 g/mol. The van der Waals surface area contributed by atoms with E-state index in [9.17, 15) is 9.59 Å². The van der Waals surface area contributed by atoms with Crippen LogP contribution in [0.5, 0.6) is 0 Å². The van der Waals surface area contributed by atoms with Crippen molar-refractivity contribution in [1.82, 2.24) is 0 Å². The topological polar surface area (TPSA) is 75.6 Å². The van der Waals surface area contributed by atoms with Gasteiger partial charge >= 0.3 is 11.9 Å². The molecule has 0 aliphatic rings. The first-order chi connectivity index (χ1) is 13.2. The van der Waals surface area contributed by atoms with Crippen LogP contribution in [0.3, 0.4) is 0 Å². The van der Waals surface area contributed by atoms with Crippen LogP contribution in [0.4, 0.5) is 11.4 Å². The number of benzene rings is 2. The predicted molar refractivity (Wildman–Crippen MR) is 122 cm³/mol. The van der Waals surface area contributed by atoms with Crippen molar-refractivity contribution in [3.8, 4) is 0 Å². The van der Waals surface area contributed by atoms with Crippen LogP contribution in [0.15, 0.2) is 42.5 Å². The van der Waals surface area contributed by atoms with E-state index in [0.29, 0.717) is 32.3 Å². The lowest BCUT2D eigenvalue weighted by molar-refractivity contribution is -0.156. The molecule has 0 fully saturated rings. The Bertz CT molecular complexity index is 859. The number of anilines is 2. The lowest BCUT2D eigenvalue weighted by Gasteiger charge is -2.29. The third kappa shape index (κ3) is 5.86. The number of carbonyl (C=O) groups is 2. The van der Waals surface area contributed by atoms with Gasteiger partial charge in [0.15, 0.2) is 6.61 Å². The predicted octanol–water partition coefficient (Wildman–Crippen LogP) is 6.33. The van der Waals surface area contributed by atoms with E-state index in [1.165, 1.54) is 0 Å². The maximum Gasteiger partial charge on any atom is 0.341 e. The number of para-hydroxylation sites is 2. The van der Waals surface area contributed by atoms with E-state index < -0.39 is 27.7 Å². The number of carboxylic acids is 1. The van der Waals surface area contributed by atoms with Crippen LogP contribution in [0.2, 0.25) is 10.0 Å². The smallest absolute Gasteiger partial charge is 0.341 e. The van der Waals surface area contributed by atoms with Crippen molar-refractivity contribution in [3.63, 3.8) is 0 Å². The van der Waals surface area contributed by atoms with Crippen LogP contribution < -0.4 is 5.32 Å². The fraction of sp³-hybridized carbons (Fsp3) is 0.222. The van der Waals surface area contributed by atoms with Crippen molar-refractivity contribution in [3.05, 3.63) is 58.1 Å². The molecule has 10 heteroatoms. The van der Waals surface area contributed by atoms with Gasteiger partial charge in [-0.1, -0.05) is 95.3 Å². The minimum atomic E-state index is -1.24. The number of esters is 1. The third-order valence-corrected chi connectivity index (χ3v) is 8.16. The first-order valence-electron chi connectivity index (χ1n) is 7.79. The number of nitrogens with one attached hydrogen (secondary N) is 1. The summed E-state index contributed by atoms with van der Waals surface area (Å²) in [5.74, 6) is -2.85. The van der Waals surface area contributed by atoms with Gasteiger partial charge in [0.05, 0.1) is 15.7 Å². The maximum absolute atomic E-state index is 12.7. The maximum atomic E-state index is 12.7. The van der Waals surface area contributed by atoms with Crippen LogP contribution in [0.1, 0.15) is 11.5 Å². The Labute approximate surface area is 197 Å². The Morgan fingerprint density at radius 2 is 1.71 bits per heavy atom. The fourth-order valence-electron chi connectivity index (χ4n) is 2.43. The minimum Gasteiger partial charge on any atom is -0.479 e. The number of carboxylic acid groups (broad SMARTS) is 1. The molecule has 1 unspecified atom stereocenters. The number of aliphatic carboxylic acids is 1. The molecule has 0 heterocycles. The van der Waals surface area contributed by atoms with Gasteiger partial charge in [-0.2, -0.15) is 0 Å². The fourth-order valence-corrected chi connectivity index (χ4v) is 4.12. The Kier molecular flexibility index (Phi) is 8.63. The highest BCUT2D eigenvalue weighted by Crippen LogP contribution is 2.46. The zero-order valence-electron chi connectivity index (χ0n) is 14.1. The van der Waals surface area contributed by atoms with Gasteiger partial charge in [0.1, 0.15) is 9.15 Å². The SMILES string of the molecule is O=C(O)COC(=O)C(c1ccccc1Nc1c(Cl)cccc1Cl)C(Br)(Br)CBr. The highest BCUT2D eigenvalue weighted by molar-refractivity contribution is 9.26. The molecular formula is C18H14Br3Cl2NO4. The molecular weight excluding hydrogens is 605 g/mol. The molecule has 0 saturated carbocycles. The summed E-state index contributed by atoms with van der Waals surface area (Å²) in [6.07, 6.45) is 0. The Hall–Kier alpha value is -0.800. The molecule has 2 aromatic rings. The lowest BCUT2D eigenvalue weighted by Crippen LogP contribution is -2.34. The van der Waals surface area contributed by atoms with E-state index in [2.05, 4.69) is 53.1 Å². The number of hydrogen-bond acceptors (Lipinski definition) is 4. The molecule has 2 aromatic carbocycles. The van der Waals surface area contributed by atoms with Gasteiger partial charge in [0.25, 0.3) is 0 Å². The summed E-state index contributed by atoms with van der Waals surface area (Å²) in [5, 5.41) is 13.1. The van der Waals surface area contributed by atoms with Crippen molar-refractivity contribution in [2.45, 2.75) is 9.15 Å². The number of alkyl halides is 3. The molecule has 0 aliphatic carbocycles. The molecule has 5 nitrogen and oxygen atoms in total.